The number of hydrogen-bond acceptors (Lipinski definition) is 3. The van der Waals surface area contributed by atoms with Crippen LogP contribution in [0.3, 0.4) is 0 Å². The molecular weight excluding hydrogens is 268 g/mol. The lowest BCUT2D eigenvalue weighted by Crippen LogP contribution is -2.34. The maximum atomic E-state index is 11.9. The Kier molecular flexibility index (Phi) is 4.80. The molecule has 2 atom stereocenters. The molecule has 0 bridgehead atoms. The van der Waals surface area contributed by atoms with E-state index >= 15 is 0 Å². The monoisotopic (exact) mass is 290 g/mol. The van der Waals surface area contributed by atoms with E-state index in [-0.39, 0.29) is 18.0 Å². The number of rotatable bonds is 6. The number of primary amides is 1. The van der Waals surface area contributed by atoms with Gasteiger partial charge >= 0.3 is 6.03 Å². The van der Waals surface area contributed by atoms with Crippen LogP contribution in [0.25, 0.3) is 0 Å². The number of nitrogens with one attached hydrogen (secondary N) is 2. The molecule has 6 heteroatoms. The summed E-state index contributed by atoms with van der Waals surface area (Å²) in [6.07, 6.45) is 2.65. The molecule has 6 N–H and O–H groups in total. The van der Waals surface area contributed by atoms with Crippen LogP contribution in [0.1, 0.15) is 37.8 Å². The summed E-state index contributed by atoms with van der Waals surface area (Å²) in [7, 11) is 0. The summed E-state index contributed by atoms with van der Waals surface area (Å²) in [6, 6.07) is 6.45. The summed E-state index contributed by atoms with van der Waals surface area (Å²) in [5, 5.41) is 5.43. The molecule has 0 aliphatic heterocycles. The molecule has 1 aromatic rings. The predicted molar refractivity (Wildman–Crippen MR) is 81.5 cm³/mol. The van der Waals surface area contributed by atoms with Crippen LogP contribution in [0.4, 0.5) is 10.5 Å². The fourth-order valence-electron chi connectivity index (χ4n) is 2.29. The number of nitrogens with two attached hydrogens (primary N) is 2. The van der Waals surface area contributed by atoms with Gasteiger partial charge in [0, 0.05) is 18.2 Å². The highest BCUT2D eigenvalue weighted by Gasteiger charge is 2.30. The molecule has 1 saturated carbocycles. The van der Waals surface area contributed by atoms with Crippen molar-refractivity contribution in [2.75, 3.05) is 5.32 Å². The normalized spacial score (nSPS) is 16.9. The van der Waals surface area contributed by atoms with Crippen molar-refractivity contribution in [3.8, 4) is 0 Å². The largest absolute Gasteiger partial charge is 0.351 e. The zero-order chi connectivity index (χ0) is 15.4. The maximum absolute atomic E-state index is 11.9. The van der Waals surface area contributed by atoms with Crippen LogP contribution in [0.5, 0.6) is 0 Å². The highest BCUT2D eigenvalue weighted by Crippen LogP contribution is 2.32. The minimum absolute atomic E-state index is 0.0266. The number of benzene rings is 1. The van der Waals surface area contributed by atoms with Crippen molar-refractivity contribution >= 4 is 17.6 Å². The lowest BCUT2D eigenvalue weighted by molar-refractivity contribution is -0.122. The van der Waals surface area contributed by atoms with Gasteiger partial charge in [0.2, 0.25) is 5.91 Å². The van der Waals surface area contributed by atoms with Crippen molar-refractivity contribution in [1.82, 2.24) is 5.32 Å². The number of carbonyl (C=O) groups excluding carboxylic acids is 2. The molecule has 3 amide bonds. The number of amides is 3. The molecule has 1 aliphatic rings. The van der Waals surface area contributed by atoms with Crippen LogP contribution < -0.4 is 22.1 Å². The average molecular weight is 290 g/mol. The van der Waals surface area contributed by atoms with E-state index in [0.29, 0.717) is 18.0 Å². The third-order valence-electron chi connectivity index (χ3n) is 3.70. The lowest BCUT2D eigenvalue weighted by Gasteiger charge is -2.17. The summed E-state index contributed by atoms with van der Waals surface area (Å²) in [5.41, 5.74) is 12.6. The molecule has 1 aromatic carbocycles. The van der Waals surface area contributed by atoms with Crippen molar-refractivity contribution < 1.29 is 9.59 Å². The first-order valence-corrected chi connectivity index (χ1v) is 7.17. The topological polar surface area (TPSA) is 110 Å². The Labute approximate surface area is 124 Å². The van der Waals surface area contributed by atoms with Gasteiger partial charge in [0.1, 0.15) is 0 Å². The van der Waals surface area contributed by atoms with Crippen molar-refractivity contribution in [3.05, 3.63) is 29.8 Å². The Balaban J connectivity index is 1.85. The van der Waals surface area contributed by atoms with Crippen molar-refractivity contribution in [1.29, 1.82) is 0 Å². The highest BCUT2D eigenvalue weighted by atomic mass is 16.2. The zero-order valence-electron chi connectivity index (χ0n) is 12.1. The minimum atomic E-state index is -0.599. The summed E-state index contributed by atoms with van der Waals surface area (Å²) >= 11 is 0. The number of carbonyl (C=O) groups is 2. The van der Waals surface area contributed by atoms with Crippen molar-refractivity contribution in [3.63, 3.8) is 0 Å². The van der Waals surface area contributed by atoms with Gasteiger partial charge in [-0.3, -0.25) is 4.79 Å². The third-order valence-corrected chi connectivity index (χ3v) is 3.70. The van der Waals surface area contributed by atoms with Crippen molar-refractivity contribution in [2.45, 2.75) is 38.3 Å². The fraction of sp³-hybridized carbons (Fsp3) is 0.467. The first-order valence-electron chi connectivity index (χ1n) is 7.17. The van der Waals surface area contributed by atoms with Crippen LogP contribution in [0, 0.1) is 5.92 Å². The van der Waals surface area contributed by atoms with Crippen LogP contribution in [-0.2, 0) is 4.79 Å². The van der Waals surface area contributed by atoms with Crippen LogP contribution in [-0.4, -0.2) is 18.0 Å². The summed E-state index contributed by atoms with van der Waals surface area (Å²) in [6.45, 7) is 1.91. The quantitative estimate of drug-likeness (QED) is 0.637. The van der Waals surface area contributed by atoms with Crippen molar-refractivity contribution in [2.24, 2.45) is 17.4 Å². The summed E-state index contributed by atoms with van der Waals surface area (Å²) in [4.78, 5) is 22.7. The number of hydrogen-bond donors (Lipinski definition) is 4. The Hall–Kier alpha value is -2.08. The molecule has 0 radical (unpaired) electrons. The number of urea groups is 1. The highest BCUT2D eigenvalue weighted by molar-refractivity contribution is 5.87. The number of anilines is 1. The fourth-order valence-corrected chi connectivity index (χ4v) is 2.29. The molecule has 2 unspecified atom stereocenters. The molecule has 0 saturated heterocycles. The molecule has 2 rings (SSSR count). The van der Waals surface area contributed by atoms with E-state index in [0.717, 1.165) is 18.4 Å². The second-order valence-corrected chi connectivity index (χ2v) is 5.61. The van der Waals surface area contributed by atoms with Crippen LogP contribution in [0.2, 0.25) is 0 Å². The first kappa shape index (κ1) is 15.3. The van der Waals surface area contributed by atoms with Gasteiger partial charge in [-0.25, -0.2) is 4.79 Å². The minimum Gasteiger partial charge on any atom is -0.351 e. The van der Waals surface area contributed by atoms with E-state index in [9.17, 15) is 9.59 Å². The predicted octanol–water partition coefficient (Wildman–Crippen LogP) is 1.48. The van der Waals surface area contributed by atoms with E-state index in [1.807, 2.05) is 19.1 Å². The second kappa shape index (κ2) is 6.58. The van der Waals surface area contributed by atoms with E-state index in [4.69, 9.17) is 11.5 Å². The Morgan fingerprint density at radius 2 is 1.90 bits per heavy atom. The first-order chi connectivity index (χ1) is 9.95. The van der Waals surface area contributed by atoms with Gasteiger partial charge in [0.25, 0.3) is 0 Å². The molecule has 21 heavy (non-hydrogen) atoms. The second-order valence-electron chi connectivity index (χ2n) is 5.61. The van der Waals surface area contributed by atoms with E-state index in [1.54, 1.807) is 12.1 Å². The van der Waals surface area contributed by atoms with Gasteiger partial charge < -0.3 is 22.1 Å². The SMILES string of the molecule is CC(NC(=O)CC(N)C1CC1)c1ccc(NC(N)=O)cc1. The molecule has 0 spiro atoms. The Bertz CT molecular complexity index is 511. The van der Waals surface area contributed by atoms with E-state index in [1.165, 1.54) is 0 Å². The maximum Gasteiger partial charge on any atom is 0.316 e. The molecule has 6 nitrogen and oxygen atoms in total. The Morgan fingerprint density at radius 3 is 2.43 bits per heavy atom. The van der Waals surface area contributed by atoms with Gasteiger partial charge in [0.05, 0.1) is 6.04 Å². The van der Waals surface area contributed by atoms with E-state index < -0.39 is 6.03 Å². The zero-order valence-corrected chi connectivity index (χ0v) is 12.1. The van der Waals surface area contributed by atoms with Crippen LogP contribution >= 0.6 is 0 Å². The molecule has 1 aliphatic carbocycles. The van der Waals surface area contributed by atoms with Gasteiger partial charge in [-0.15, -0.1) is 0 Å². The van der Waals surface area contributed by atoms with Gasteiger partial charge in [-0.05, 0) is 43.4 Å². The summed E-state index contributed by atoms with van der Waals surface area (Å²) in [5.74, 6) is 0.492. The van der Waals surface area contributed by atoms with E-state index in [2.05, 4.69) is 10.6 Å². The lowest BCUT2D eigenvalue weighted by atomic mass is 10.1. The molecule has 1 fully saturated rings. The molecule has 114 valence electrons. The Morgan fingerprint density at radius 1 is 1.29 bits per heavy atom. The summed E-state index contributed by atoms with van der Waals surface area (Å²) < 4.78 is 0. The third kappa shape index (κ3) is 4.75. The standard InChI is InChI=1S/C15H22N4O2/c1-9(18-14(20)8-13(16)11-2-3-11)10-4-6-12(7-5-10)19-15(17)21/h4-7,9,11,13H,2-3,8,16H2,1H3,(H,18,20)(H3,17,19,21). The van der Waals surface area contributed by atoms with Crippen LogP contribution in [0.15, 0.2) is 24.3 Å². The van der Waals surface area contributed by atoms with Gasteiger partial charge in [-0.2, -0.15) is 0 Å². The average Bonchev–Trinajstić information content (AvgIpc) is 3.22. The molecule has 0 aromatic heterocycles. The molecule has 0 heterocycles. The van der Waals surface area contributed by atoms with Gasteiger partial charge in [-0.1, -0.05) is 12.1 Å². The smallest absolute Gasteiger partial charge is 0.316 e. The molecular formula is C15H22N4O2. The van der Waals surface area contributed by atoms with Gasteiger partial charge in [0.15, 0.2) is 0 Å².